The quantitative estimate of drug-likeness (QED) is 0.259. The van der Waals surface area contributed by atoms with Crippen molar-refractivity contribution >= 4 is 55.4 Å². The number of amides is 1. The Morgan fingerprint density at radius 3 is 2.51 bits per heavy atom. The normalized spacial score (nSPS) is 15.2. The minimum absolute atomic E-state index is 0.0759. The lowest BCUT2D eigenvalue weighted by atomic mass is 9.94. The molecule has 1 aliphatic heterocycles. The van der Waals surface area contributed by atoms with Gasteiger partial charge in [0.15, 0.2) is 14.6 Å². The van der Waals surface area contributed by atoms with E-state index < -0.39 is 9.84 Å². The maximum atomic E-state index is 13.0. The number of aromatic nitrogens is 1. The summed E-state index contributed by atoms with van der Waals surface area (Å²) in [5.41, 5.74) is 0.533. The van der Waals surface area contributed by atoms with E-state index in [1.165, 1.54) is 11.3 Å². The first-order valence-corrected chi connectivity index (χ1v) is 16.0. The van der Waals surface area contributed by atoms with Crippen LogP contribution in [-0.2, 0) is 26.4 Å². The minimum atomic E-state index is -3.62. The van der Waals surface area contributed by atoms with Crippen molar-refractivity contribution in [2.24, 2.45) is 12.0 Å². The van der Waals surface area contributed by atoms with Crippen molar-refractivity contribution in [2.75, 3.05) is 32.5 Å². The second-order valence-corrected chi connectivity index (χ2v) is 13.3. The topological polar surface area (TPSA) is 98.0 Å². The molecule has 11 heteroatoms. The second kappa shape index (κ2) is 12.7. The van der Waals surface area contributed by atoms with Crippen LogP contribution in [0.1, 0.15) is 60.3 Å². The highest BCUT2D eigenvalue weighted by Crippen LogP contribution is 2.33. The standard InChI is InChI=1S/C28H34ClN3O5S2/c1-4-5-15-37-27(34)25-26(38-28(30-2)31(25)3)19-10-13-32(14-11-19)24(33)12-16-39(35,36)23-9-7-20-17-22(29)8-6-21(20)18-23/h6-9,17-19H,4-5,10-16H2,1-3H3/b30-28-. The first kappa shape index (κ1) is 29.3. The lowest BCUT2D eigenvalue weighted by Crippen LogP contribution is -2.38. The van der Waals surface area contributed by atoms with Crippen LogP contribution in [0.4, 0.5) is 0 Å². The zero-order valence-electron chi connectivity index (χ0n) is 22.5. The monoisotopic (exact) mass is 591 g/mol. The molecular formula is C28H34ClN3O5S2. The summed E-state index contributed by atoms with van der Waals surface area (Å²) in [6.07, 6.45) is 3.05. The molecule has 39 heavy (non-hydrogen) atoms. The van der Waals surface area contributed by atoms with Crippen molar-refractivity contribution in [3.8, 4) is 0 Å². The number of hydrogen-bond donors (Lipinski definition) is 0. The molecule has 1 aliphatic rings. The number of nitrogens with zero attached hydrogens (tertiary/aromatic N) is 3. The number of benzene rings is 2. The third-order valence-corrected chi connectivity index (χ3v) is 10.4. The number of unbranched alkanes of at least 4 members (excludes halogenated alkanes) is 1. The van der Waals surface area contributed by atoms with Crippen LogP contribution in [0.5, 0.6) is 0 Å². The summed E-state index contributed by atoms with van der Waals surface area (Å²) in [4.78, 5) is 33.8. The molecule has 0 spiro atoms. The van der Waals surface area contributed by atoms with Gasteiger partial charge in [0.05, 0.1) is 17.3 Å². The number of rotatable bonds is 9. The van der Waals surface area contributed by atoms with Crippen LogP contribution in [-0.4, -0.2) is 62.3 Å². The number of hydrogen-bond acceptors (Lipinski definition) is 7. The number of thiazole rings is 1. The van der Waals surface area contributed by atoms with Crippen molar-refractivity contribution in [3.63, 3.8) is 0 Å². The summed E-state index contributed by atoms with van der Waals surface area (Å²) in [6.45, 7) is 3.44. The van der Waals surface area contributed by atoms with Gasteiger partial charge in [0.25, 0.3) is 0 Å². The van der Waals surface area contributed by atoms with Crippen LogP contribution in [0.3, 0.4) is 0 Å². The largest absolute Gasteiger partial charge is 0.461 e. The van der Waals surface area contributed by atoms with Crippen LogP contribution in [0.15, 0.2) is 46.3 Å². The van der Waals surface area contributed by atoms with Gasteiger partial charge in [-0.05, 0) is 60.2 Å². The summed E-state index contributed by atoms with van der Waals surface area (Å²) >= 11 is 7.51. The molecule has 4 rings (SSSR count). The fourth-order valence-corrected chi connectivity index (χ4v) is 7.52. The van der Waals surface area contributed by atoms with Gasteiger partial charge < -0.3 is 14.2 Å². The third kappa shape index (κ3) is 6.73. The van der Waals surface area contributed by atoms with Crippen LogP contribution in [0.2, 0.25) is 5.02 Å². The Bertz CT molecular complexity index is 1540. The van der Waals surface area contributed by atoms with E-state index in [9.17, 15) is 18.0 Å². The minimum Gasteiger partial charge on any atom is -0.461 e. The van der Waals surface area contributed by atoms with Crippen LogP contribution < -0.4 is 4.80 Å². The molecule has 1 amide bonds. The van der Waals surface area contributed by atoms with E-state index in [-0.39, 0.29) is 34.9 Å². The van der Waals surface area contributed by atoms with Gasteiger partial charge in [-0.3, -0.25) is 9.79 Å². The van der Waals surface area contributed by atoms with E-state index in [1.54, 1.807) is 52.9 Å². The van der Waals surface area contributed by atoms with Gasteiger partial charge in [-0.1, -0.05) is 37.1 Å². The molecular weight excluding hydrogens is 558 g/mol. The summed E-state index contributed by atoms with van der Waals surface area (Å²) in [6, 6.07) is 10.2. The zero-order valence-corrected chi connectivity index (χ0v) is 24.9. The first-order valence-electron chi connectivity index (χ1n) is 13.1. The van der Waals surface area contributed by atoms with E-state index in [4.69, 9.17) is 16.3 Å². The van der Waals surface area contributed by atoms with E-state index in [0.717, 1.165) is 33.3 Å². The number of carbonyl (C=O) groups excluding carboxylic acids is 2. The third-order valence-electron chi connectivity index (χ3n) is 7.11. The molecule has 2 aromatic carbocycles. The van der Waals surface area contributed by atoms with Crippen LogP contribution >= 0.6 is 22.9 Å². The number of ether oxygens (including phenoxy) is 1. The predicted molar refractivity (Wildman–Crippen MR) is 154 cm³/mol. The average molecular weight is 592 g/mol. The van der Waals surface area contributed by atoms with Crippen molar-refractivity contribution in [1.29, 1.82) is 0 Å². The van der Waals surface area contributed by atoms with Crippen LogP contribution in [0, 0.1) is 0 Å². The maximum absolute atomic E-state index is 13.0. The van der Waals surface area contributed by atoms with E-state index in [2.05, 4.69) is 4.99 Å². The molecule has 2 heterocycles. The summed E-state index contributed by atoms with van der Waals surface area (Å²) in [5.74, 6) is -0.664. The number of sulfone groups is 1. The lowest BCUT2D eigenvalue weighted by molar-refractivity contribution is -0.131. The summed E-state index contributed by atoms with van der Waals surface area (Å²) < 4.78 is 33.2. The molecule has 0 saturated carbocycles. The Morgan fingerprint density at radius 1 is 1.13 bits per heavy atom. The number of carbonyl (C=O) groups is 2. The van der Waals surface area contributed by atoms with Gasteiger partial charge in [0.1, 0.15) is 5.69 Å². The SMILES string of the molecule is CCCCOC(=O)c1c(C2CCN(C(=O)CCS(=O)(=O)c3ccc4cc(Cl)ccc4c3)CC2)s/c(=N\C)n1C. The van der Waals surface area contributed by atoms with Crippen molar-refractivity contribution in [1.82, 2.24) is 9.47 Å². The number of likely N-dealkylation sites (tertiary alicyclic amines) is 1. The smallest absolute Gasteiger partial charge is 0.356 e. The molecule has 0 aliphatic carbocycles. The molecule has 1 aromatic heterocycles. The van der Waals surface area contributed by atoms with Crippen molar-refractivity contribution < 1.29 is 22.7 Å². The van der Waals surface area contributed by atoms with Crippen LogP contribution in [0.25, 0.3) is 10.8 Å². The number of halogens is 1. The highest BCUT2D eigenvalue weighted by Gasteiger charge is 2.31. The fourth-order valence-electron chi connectivity index (χ4n) is 4.84. The molecule has 0 N–H and O–H groups in total. The Labute approximate surface area is 238 Å². The second-order valence-electron chi connectivity index (χ2n) is 9.75. The van der Waals surface area contributed by atoms with E-state index in [0.29, 0.717) is 43.3 Å². The van der Waals surface area contributed by atoms with Gasteiger partial charge in [-0.2, -0.15) is 0 Å². The molecule has 0 radical (unpaired) electrons. The first-order chi connectivity index (χ1) is 18.6. The van der Waals surface area contributed by atoms with Gasteiger partial charge in [-0.25, -0.2) is 13.2 Å². The van der Waals surface area contributed by atoms with Gasteiger partial charge in [0, 0.05) is 43.5 Å². The molecule has 0 unspecified atom stereocenters. The number of esters is 1. The molecule has 0 atom stereocenters. The van der Waals surface area contributed by atoms with Crippen molar-refractivity contribution in [3.05, 3.63) is 56.8 Å². The highest BCUT2D eigenvalue weighted by molar-refractivity contribution is 7.91. The summed E-state index contributed by atoms with van der Waals surface area (Å²) in [5, 5.41) is 2.23. The van der Waals surface area contributed by atoms with E-state index in [1.807, 2.05) is 14.0 Å². The maximum Gasteiger partial charge on any atom is 0.356 e. The Hall–Kier alpha value is -2.69. The Balaban J connectivity index is 1.38. The Morgan fingerprint density at radius 2 is 1.82 bits per heavy atom. The Kier molecular flexibility index (Phi) is 9.51. The number of fused-ring (bicyclic) bond motifs is 1. The summed E-state index contributed by atoms with van der Waals surface area (Å²) in [7, 11) is -0.102. The molecule has 3 aromatic rings. The molecule has 0 bridgehead atoms. The zero-order chi connectivity index (χ0) is 28.2. The molecule has 210 valence electrons. The van der Waals surface area contributed by atoms with Crippen molar-refractivity contribution in [2.45, 2.75) is 49.8 Å². The molecule has 8 nitrogen and oxygen atoms in total. The predicted octanol–water partition coefficient (Wildman–Crippen LogP) is 4.95. The van der Waals surface area contributed by atoms with Gasteiger partial charge in [-0.15, -0.1) is 11.3 Å². The van der Waals surface area contributed by atoms with Gasteiger partial charge in [0.2, 0.25) is 5.91 Å². The lowest BCUT2D eigenvalue weighted by Gasteiger charge is -2.32. The van der Waals surface area contributed by atoms with Gasteiger partial charge >= 0.3 is 5.97 Å². The average Bonchev–Trinajstić information content (AvgIpc) is 3.27. The fraction of sp³-hybridized carbons (Fsp3) is 0.464. The molecule has 1 fully saturated rings. The number of piperidine rings is 1. The molecule has 1 saturated heterocycles. The van der Waals surface area contributed by atoms with E-state index >= 15 is 0 Å². The highest BCUT2D eigenvalue weighted by atomic mass is 35.5.